The van der Waals surface area contributed by atoms with E-state index < -0.39 is 24.2 Å². The first-order valence-corrected chi connectivity index (χ1v) is 7.57. The number of aromatic hydroxyl groups is 1. The van der Waals surface area contributed by atoms with Crippen LogP contribution in [-0.2, 0) is 4.79 Å². The quantitative estimate of drug-likeness (QED) is 0.633. The van der Waals surface area contributed by atoms with Crippen LogP contribution in [0.25, 0.3) is 22.2 Å². The SMILES string of the molecule is O=C(O)CNC(=O)c1ncc2onc(-c3ccc(Cl)cc3Cl)c2c1O. The molecule has 25 heavy (non-hydrogen) atoms. The average Bonchev–Trinajstić information content (AvgIpc) is 2.97. The summed E-state index contributed by atoms with van der Waals surface area (Å²) in [7, 11) is 0. The predicted octanol–water partition coefficient (Wildman–Crippen LogP) is 2.72. The van der Waals surface area contributed by atoms with Crippen LogP contribution in [0.5, 0.6) is 5.75 Å². The van der Waals surface area contributed by atoms with Gasteiger partial charge in [0, 0.05) is 10.6 Å². The standard InChI is InChI=1S/C15H9Cl2N3O5/c16-6-1-2-7(8(17)3-6)12-11-9(25-20-12)4-18-13(14(11)23)15(24)19-5-10(21)22/h1-4,23H,5H2,(H,19,24)(H,21,22). The molecule has 2 heterocycles. The molecule has 0 aliphatic rings. The number of aromatic nitrogens is 2. The average molecular weight is 382 g/mol. The molecule has 3 rings (SSSR count). The van der Waals surface area contributed by atoms with E-state index in [1.807, 2.05) is 0 Å². The molecule has 3 aromatic rings. The zero-order valence-corrected chi connectivity index (χ0v) is 13.8. The van der Waals surface area contributed by atoms with E-state index in [1.54, 1.807) is 12.1 Å². The van der Waals surface area contributed by atoms with Gasteiger partial charge in [0.15, 0.2) is 17.0 Å². The van der Waals surface area contributed by atoms with Crippen LogP contribution < -0.4 is 5.32 Å². The Morgan fingerprint density at radius 2 is 2.04 bits per heavy atom. The number of carboxylic acids is 1. The molecular formula is C15H9Cl2N3O5. The number of hydrogen-bond acceptors (Lipinski definition) is 6. The van der Waals surface area contributed by atoms with E-state index in [-0.39, 0.29) is 27.4 Å². The fourth-order valence-corrected chi connectivity index (χ4v) is 2.69. The first kappa shape index (κ1) is 17.0. The van der Waals surface area contributed by atoms with Crippen molar-refractivity contribution in [3.63, 3.8) is 0 Å². The lowest BCUT2D eigenvalue weighted by Crippen LogP contribution is -2.29. The monoisotopic (exact) mass is 381 g/mol. The molecule has 8 nitrogen and oxygen atoms in total. The lowest BCUT2D eigenvalue weighted by molar-refractivity contribution is -0.135. The van der Waals surface area contributed by atoms with Crippen molar-refractivity contribution < 1.29 is 24.3 Å². The van der Waals surface area contributed by atoms with E-state index in [0.717, 1.165) is 0 Å². The van der Waals surface area contributed by atoms with Gasteiger partial charge in [-0.25, -0.2) is 4.98 Å². The molecular weight excluding hydrogens is 373 g/mol. The van der Waals surface area contributed by atoms with Crippen molar-refractivity contribution in [2.24, 2.45) is 0 Å². The maximum atomic E-state index is 12.0. The van der Waals surface area contributed by atoms with Gasteiger partial charge < -0.3 is 20.1 Å². The number of hydrogen-bond donors (Lipinski definition) is 3. The van der Waals surface area contributed by atoms with Crippen molar-refractivity contribution in [2.45, 2.75) is 0 Å². The number of carbonyl (C=O) groups excluding carboxylic acids is 1. The minimum Gasteiger partial charge on any atom is -0.505 e. The van der Waals surface area contributed by atoms with Crippen LogP contribution in [0.1, 0.15) is 10.5 Å². The van der Waals surface area contributed by atoms with Crippen LogP contribution in [0.4, 0.5) is 0 Å². The Bertz CT molecular complexity index is 1000. The van der Waals surface area contributed by atoms with Gasteiger partial charge >= 0.3 is 5.97 Å². The fourth-order valence-electron chi connectivity index (χ4n) is 2.19. The molecule has 0 aliphatic heterocycles. The topological polar surface area (TPSA) is 126 Å². The van der Waals surface area contributed by atoms with Gasteiger partial charge in [0.25, 0.3) is 5.91 Å². The molecule has 1 aromatic carbocycles. The summed E-state index contributed by atoms with van der Waals surface area (Å²) >= 11 is 12.0. The lowest BCUT2D eigenvalue weighted by atomic mass is 10.1. The van der Waals surface area contributed by atoms with Gasteiger partial charge in [-0.15, -0.1) is 0 Å². The predicted molar refractivity (Wildman–Crippen MR) is 88.9 cm³/mol. The molecule has 0 bridgehead atoms. The van der Waals surface area contributed by atoms with Crippen molar-refractivity contribution in [3.8, 4) is 17.0 Å². The van der Waals surface area contributed by atoms with E-state index in [1.165, 1.54) is 12.3 Å². The summed E-state index contributed by atoms with van der Waals surface area (Å²) in [6, 6.07) is 4.67. The second kappa shape index (κ2) is 6.58. The van der Waals surface area contributed by atoms with E-state index in [2.05, 4.69) is 15.5 Å². The van der Waals surface area contributed by atoms with E-state index in [9.17, 15) is 14.7 Å². The molecule has 128 valence electrons. The molecule has 0 spiro atoms. The van der Waals surface area contributed by atoms with Gasteiger partial charge in [0.05, 0.1) is 16.6 Å². The maximum absolute atomic E-state index is 12.0. The normalized spacial score (nSPS) is 10.8. The van der Waals surface area contributed by atoms with E-state index in [0.29, 0.717) is 10.6 Å². The number of aliphatic carboxylic acids is 1. The van der Waals surface area contributed by atoms with Crippen LogP contribution >= 0.6 is 23.2 Å². The van der Waals surface area contributed by atoms with Gasteiger partial charge in [-0.1, -0.05) is 28.4 Å². The molecule has 0 unspecified atom stereocenters. The molecule has 0 radical (unpaired) electrons. The van der Waals surface area contributed by atoms with E-state index in [4.69, 9.17) is 32.8 Å². The highest BCUT2D eigenvalue weighted by Crippen LogP contribution is 2.39. The highest BCUT2D eigenvalue weighted by atomic mass is 35.5. The zero-order valence-electron chi connectivity index (χ0n) is 12.3. The smallest absolute Gasteiger partial charge is 0.322 e. The minimum atomic E-state index is -1.23. The zero-order chi connectivity index (χ0) is 18.1. The summed E-state index contributed by atoms with van der Waals surface area (Å²) in [6.45, 7) is -0.614. The first-order chi connectivity index (χ1) is 11.9. The largest absolute Gasteiger partial charge is 0.505 e. The Morgan fingerprint density at radius 3 is 2.72 bits per heavy atom. The third kappa shape index (κ3) is 3.21. The molecule has 1 amide bonds. The van der Waals surface area contributed by atoms with Gasteiger partial charge in [-0.3, -0.25) is 9.59 Å². The number of rotatable bonds is 4. The fraction of sp³-hybridized carbons (Fsp3) is 0.0667. The van der Waals surface area contributed by atoms with Crippen LogP contribution in [0.3, 0.4) is 0 Å². The molecule has 10 heteroatoms. The molecule has 0 aliphatic carbocycles. The van der Waals surface area contributed by atoms with Crippen molar-refractivity contribution in [1.82, 2.24) is 15.5 Å². The number of carboxylic acid groups (broad SMARTS) is 1. The number of halogens is 2. The summed E-state index contributed by atoms with van der Waals surface area (Å²) in [4.78, 5) is 26.3. The summed E-state index contributed by atoms with van der Waals surface area (Å²) in [5.74, 6) is -2.58. The van der Waals surface area contributed by atoms with E-state index >= 15 is 0 Å². The van der Waals surface area contributed by atoms with Gasteiger partial charge in [-0.2, -0.15) is 0 Å². The number of nitrogens with zero attached hydrogens (tertiary/aromatic N) is 2. The van der Waals surface area contributed by atoms with Crippen LogP contribution in [0, 0.1) is 0 Å². The highest BCUT2D eigenvalue weighted by Gasteiger charge is 2.23. The molecule has 0 saturated heterocycles. The third-order valence-electron chi connectivity index (χ3n) is 3.29. The Labute approximate surface area is 150 Å². The summed E-state index contributed by atoms with van der Waals surface area (Å²) in [5.41, 5.74) is 0.406. The number of fused-ring (bicyclic) bond motifs is 1. The Morgan fingerprint density at radius 1 is 1.28 bits per heavy atom. The summed E-state index contributed by atoms with van der Waals surface area (Å²) in [6.07, 6.45) is 1.20. The highest BCUT2D eigenvalue weighted by molar-refractivity contribution is 6.36. The number of benzene rings is 1. The first-order valence-electron chi connectivity index (χ1n) is 6.81. The number of carbonyl (C=O) groups is 2. The van der Waals surface area contributed by atoms with Crippen molar-refractivity contribution in [2.75, 3.05) is 6.54 Å². The van der Waals surface area contributed by atoms with Crippen molar-refractivity contribution in [1.29, 1.82) is 0 Å². The number of pyridine rings is 1. The van der Waals surface area contributed by atoms with Crippen LogP contribution in [-0.4, -0.2) is 38.8 Å². The van der Waals surface area contributed by atoms with Crippen molar-refractivity contribution in [3.05, 3.63) is 40.1 Å². The molecule has 0 fully saturated rings. The Kier molecular flexibility index (Phi) is 4.47. The molecule has 0 saturated carbocycles. The summed E-state index contributed by atoms with van der Waals surface area (Å²) in [5, 5.41) is 25.8. The Hall–Kier alpha value is -2.84. The van der Waals surface area contributed by atoms with Gasteiger partial charge in [0.1, 0.15) is 12.2 Å². The van der Waals surface area contributed by atoms with Gasteiger partial charge in [-0.05, 0) is 18.2 Å². The number of amides is 1. The maximum Gasteiger partial charge on any atom is 0.322 e. The third-order valence-corrected chi connectivity index (χ3v) is 3.84. The Balaban J connectivity index is 2.12. The molecule has 3 N–H and O–H groups in total. The second-order valence-electron chi connectivity index (χ2n) is 4.93. The second-order valence-corrected chi connectivity index (χ2v) is 5.77. The molecule has 0 atom stereocenters. The van der Waals surface area contributed by atoms with Crippen LogP contribution in [0.2, 0.25) is 10.0 Å². The minimum absolute atomic E-state index is 0.125. The van der Waals surface area contributed by atoms with Crippen molar-refractivity contribution >= 4 is 46.0 Å². The van der Waals surface area contributed by atoms with Crippen LogP contribution in [0.15, 0.2) is 28.9 Å². The molecule has 2 aromatic heterocycles. The summed E-state index contributed by atoms with van der Waals surface area (Å²) < 4.78 is 5.11. The van der Waals surface area contributed by atoms with Gasteiger partial charge in [0.2, 0.25) is 0 Å². The lowest BCUT2D eigenvalue weighted by Gasteiger charge is -2.06. The number of nitrogens with one attached hydrogen (secondary N) is 1.